The lowest BCUT2D eigenvalue weighted by Gasteiger charge is -2.14. The van der Waals surface area contributed by atoms with Crippen molar-refractivity contribution in [3.05, 3.63) is 58.4 Å². The molecule has 0 aliphatic rings. The number of hydrogen-bond acceptors (Lipinski definition) is 2. The van der Waals surface area contributed by atoms with Crippen LogP contribution in [0.15, 0.2) is 36.5 Å². The monoisotopic (exact) mass is 341 g/mol. The number of anilines is 1. The lowest BCUT2D eigenvalue weighted by Crippen LogP contribution is -2.09. The predicted octanol–water partition coefficient (Wildman–Crippen LogP) is 5.57. The molecule has 0 bridgehead atoms. The van der Waals surface area contributed by atoms with Crippen LogP contribution < -0.4 is 5.32 Å². The van der Waals surface area contributed by atoms with E-state index in [-0.39, 0.29) is 0 Å². The fourth-order valence-electron chi connectivity index (χ4n) is 3.11. The van der Waals surface area contributed by atoms with E-state index in [4.69, 9.17) is 11.6 Å². The lowest BCUT2D eigenvalue weighted by molar-refractivity contribution is 0.527. The second kappa shape index (κ2) is 6.86. The SMILES string of the molecule is Cc1c(C)n(CC(C)C)c2c(NCc3ccc(Cl)cc3)nccc12. The zero-order chi connectivity index (χ0) is 17.3. The molecular formula is C20H24ClN3. The van der Waals surface area contributed by atoms with Crippen LogP contribution >= 0.6 is 11.6 Å². The van der Waals surface area contributed by atoms with Crippen molar-refractivity contribution in [2.45, 2.75) is 40.8 Å². The highest BCUT2D eigenvalue weighted by molar-refractivity contribution is 6.30. The van der Waals surface area contributed by atoms with E-state index in [1.54, 1.807) is 0 Å². The third kappa shape index (κ3) is 3.27. The van der Waals surface area contributed by atoms with Gasteiger partial charge < -0.3 is 9.88 Å². The summed E-state index contributed by atoms with van der Waals surface area (Å²) >= 11 is 5.96. The predicted molar refractivity (Wildman–Crippen MR) is 103 cm³/mol. The number of aryl methyl sites for hydroxylation is 1. The highest BCUT2D eigenvalue weighted by Crippen LogP contribution is 2.30. The Morgan fingerprint density at radius 1 is 1.12 bits per heavy atom. The van der Waals surface area contributed by atoms with Crippen molar-refractivity contribution in [3.8, 4) is 0 Å². The van der Waals surface area contributed by atoms with Crippen LogP contribution in [0.1, 0.15) is 30.7 Å². The van der Waals surface area contributed by atoms with E-state index in [1.807, 2.05) is 30.5 Å². The fourth-order valence-corrected chi connectivity index (χ4v) is 3.23. The molecule has 0 aliphatic carbocycles. The highest BCUT2D eigenvalue weighted by Gasteiger charge is 2.15. The zero-order valence-electron chi connectivity index (χ0n) is 14.7. The van der Waals surface area contributed by atoms with Crippen LogP contribution in [0, 0.1) is 19.8 Å². The maximum atomic E-state index is 5.96. The summed E-state index contributed by atoms with van der Waals surface area (Å²) in [7, 11) is 0. The van der Waals surface area contributed by atoms with Gasteiger partial charge in [-0.2, -0.15) is 0 Å². The first-order valence-corrected chi connectivity index (χ1v) is 8.78. The Labute approximate surface area is 148 Å². The van der Waals surface area contributed by atoms with Gasteiger partial charge in [-0.25, -0.2) is 4.98 Å². The van der Waals surface area contributed by atoms with E-state index in [0.717, 1.165) is 23.9 Å². The number of nitrogens with one attached hydrogen (secondary N) is 1. The fraction of sp³-hybridized carbons (Fsp3) is 0.350. The number of fused-ring (bicyclic) bond motifs is 1. The number of aromatic nitrogens is 2. The van der Waals surface area contributed by atoms with Gasteiger partial charge in [-0.05, 0) is 49.1 Å². The molecule has 4 heteroatoms. The first-order chi connectivity index (χ1) is 11.5. The van der Waals surface area contributed by atoms with Crippen LogP contribution in [0.4, 0.5) is 5.82 Å². The average Bonchev–Trinajstić information content (AvgIpc) is 2.80. The number of rotatable bonds is 5. The first kappa shape index (κ1) is 16.8. The minimum absolute atomic E-state index is 0.586. The van der Waals surface area contributed by atoms with Crippen LogP contribution in [0.2, 0.25) is 5.02 Å². The van der Waals surface area contributed by atoms with E-state index >= 15 is 0 Å². The maximum Gasteiger partial charge on any atom is 0.150 e. The number of pyridine rings is 1. The van der Waals surface area contributed by atoms with Gasteiger partial charge in [-0.1, -0.05) is 37.6 Å². The Morgan fingerprint density at radius 2 is 1.83 bits per heavy atom. The number of benzene rings is 1. The number of hydrogen-bond donors (Lipinski definition) is 1. The molecule has 1 aromatic carbocycles. The van der Waals surface area contributed by atoms with Crippen LogP contribution in [0.3, 0.4) is 0 Å². The third-order valence-electron chi connectivity index (χ3n) is 4.47. The molecular weight excluding hydrogens is 318 g/mol. The van der Waals surface area contributed by atoms with E-state index in [1.165, 1.54) is 27.7 Å². The molecule has 3 rings (SSSR count). The third-order valence-corrected chi connectivity index (χ3v) is 4.72. The Bertz CT molecular complexity index is 847. The zero-order valence-corrected chi connectivity index (χ0v) is 15.5. The molecule has 0 amide bonds. The van der Waals surface area contributed by atoms with E-state index < -0.39 is 0 Å². The second-order valence-corrected chi connectivity index (χ2v) is 7.19. The Balaban J connectivity index is 1.98. The van der Waals surface area contributed by atoms with Gasteiger partial charge in [-0.3, -0.25) is 0 Å². The number of halogens is 1. The summed E-state index contributed by atoms with van der Waals surface area (Å²) in [6.45, 7) is 10.6. The molecule has 2 heterocycles. The van der Waals surface area contributed by atoms with Crippen LogP contribution in [0.5, 0.6) is 0 Å². The second-order valence-electron chi connectivity index (χ2n) is 6.75. The Morgan fingerprint density at radius 3 is 2.50 bits per heavy atom. The van der Waals surface area contributed by atoms with Crippen molar-refractivity contribution >= 4 is 28.3 Å². The molecule has 2 aromatic heterocycles. The van der Waals surface area contributed by atoms with Crippen molar-refractivity contribution in [2.24, 2.45) is 5.92 Å². The molecule has 3 aromatic rings. The van der Waals surface area contributed by atoms with Gasteiger partial charge in [0.1, 0.15) is 0 Å². The molecule has 3 nitrogen and oxygen atoms in total. The van der Waals surface area contributed by atoms with Crippen LogP contribution in [0.25, 0.3) is 10.9 Å². The Hall–Kier alpha value is -2.00. The normalized spacial score (nSPS) is 11.4. The summed E-state index contributed by atoms with van der Waals surface area (Å²) in [6, 6.07) is 10.0. The average molecular weight is 342 g/mol. The van der Waals surface area contributed by atoms with Crippen molar-refractivity contribution in [1.82, 2.24) is 9.55 Å². The quantitative estimate of drug-likeness (QED) is 0.657. The molecule has 0 aliphatic heterocycles. The molecule has 0 atom stereocenters. The van der Waals surface area contributed by atoms with E-state index in [0.29, 0.717) is 5.92 Å². The molecule has 0 fully saturated rings. The minimum Gasteiger partial charge on any atom is -0.364 e. The van der Waals surface area contributed by atoms with E-state index in [2.05, 4.69) is 48.6 Å². The summed E-state index contributed by atoms with van der Waals surface area (Å²) in [5, 5.41) is 5.54. The summed E-state index contributed by atoms with van der Waals surface area (Å²) in [5.74, 6) is 1.53. The van der Waals surface area contributed by atoms with Crippen molar-refractivity contribution in [2.75, 3.05) is 5.32 Å². The van der Waals surface area contributed by atoms with Crippen LogP contribution in [-0.4, -0.2) is 9.55 Å². The summed E-state index contributed by atoms with van der Waals surface area (Å²) in [4.78, 5) is 4.60. The summed E-state index contributed by atoms with van der Waals surface area (Å²) in [6.07, 6.45) is 1.89. The molecule has 0 saturated heterocycles. The molecule has 126 valence electrons. The van der Waals surface area contributed by atoms with Crippen molar-refractivity contribution in [1.29, 1.82) is 0 Å². The smallest absolute Gasteiger partial charge is 0.150 e. The molecule has 0 saturated carbocycles. The summed E-state index contributed by atoms with van der Waals surface area (Å²) in [5.41, 5.74) is 5.05. The molecule has 1 N–H and O–H groups in total. The number of nitrogens with zero attached hydrogens (tertiary/aromatic N) is 2. The van der Waals surface area contributed by atoms with Crippen molar-refractivity contribution < 1.29 is 0 Å². The maximum absolute atomic E-state index is 5.96. The van der Waals surface area contributed by atoms with Gasteiger partial charge in [0.05, 0.1) is 5.52 Å². The van der Waals surface area contributed by atoms with E-state index in [9.17, 15) is 0 Å². The largest absolute Gasteiger partial charge is 0.364 e. The molecule has 0 unspecified atom stereocenters. The van der Waals surface area contributed by atoms with Crippen molar-refractivity contribution in [3.63, 3.8) is 0 Å². The van der Waals surface area contributed by atoms with Gasteiger partial charge in [0, 0.05) is 35.4 Å². The standard InChI is InChI=1S/C20H24ClN3/c1-13(2)12-24-15(4)14(3)18-9-10-22-20(19(18)24)23-11-16-5-7-17(21)8-6-16/h5-10,13H,11-12H2,1-4H3,(H,22,23). The van der Waals surface area contributed by atoms with Gasteiger partial charge in [0.2, 0.25) is 0 Å². The van der Waals surface area contributed by atoms with Gasteiger partial charge >= 0.3 is 0 Å². The van der Waals surface area contributed by atoms with Gasteiger partial charge in [-0.15, -0.1) is 0 Å². The van der Waals surface area contributed by atoms with Gasteiger partial charge in [0.25, 0.3) is 0 Å². The van der Waals surface area contributed by atoms with Crippen LogP contribution in [-0.2, 0) is 13.1 Å². The molecule has 0 radical (unpaired) electrons. The topological polar surface area (TPSA) is 29.9 Å². The highest BCUT2D eigenvalue weighted by atomic mass is 35.5. The molecule has 0 spiro atoms. The molecule has 24 heavy (non-hydrogen) atoms. The van der Waals surface area contributed by atoms with Gasteiger partial charge in [0.15, 0.2) is 5.82 Å². The minimum atomic E-state index is 0.586. The first-order valence-electron chi connectivity index (χ1n) is 8.40. The summed E-state index contributed by atoms with van der Waals surface area (Å²) < 4.78 is 2.40. The Kier molecular flexibility index (Phi) is 4.81. The lowest BCUT2D eigenvalue weighted by atomic mass is 10.2.